The van der Waals surface area contributed by atoms with Crippen LogP contribution in [0.25, 0.3) is 0 Å². The number of methoxy groups -OCH3 is 1. The highest BCUT2D eigenvalue weighted by Crippen LogP contribution is 2.21. The molecule has 0 aliphatic carbocycles. The third kappa shape index (κ3) is 6.11. The molecule has 1 amide bonds. The van der Waals surface area contributed by atoms with E-state index < -0.39 is 6.04 Å². The molecule has 0 aliphatic rings. The van der Waals surface area contributed by atoms with E-state index in [4.69, 9.17) is 9.47 Å². The Hall–Kier alpha value is -2.47. The first kappa shape index (κ1) is 19.8. The van der Waals surface area contributed by atoms with Crippen molar-refractivity contribution in [3.63, 3.8) is 0 Å². The van der Waals surface area contributed by atoms with Gasteiger partial charge in [0.05, 0.1) is 19.6 Å². The molecule has 0 saturated carbocycles. The van der Waals surface area contributed by atoms with Crippen LogP contribution in [0.4, 0.5) is 0 Å². The number of hydrogen-bond acceptors (Lipinski definition) is 5. The number of ether oxygens (including phenoxy) is 2. The molecule has 0 aliphatic heterocycles. The molecule has 26 heavy (non-hydrogen) atoms. The number of amides is 1. The number of esters is 1. The van der Waals surface area contributed by atoms with E-state index in [-0.39, 0.29) is 24.9 Å². The van der Waals surface area contributed by atoms with Crippen LogP contribution in [0.15, 0.2) is 53.4 Å². The van der Waals surface area contributed by atoms with Crippen molar-refractivity contribution in [3.05, 3.63) is 59.7 Å². The molecule has 0 fully saturated rings. The van der Waals surface area contributed by atoms with Crippen LogP contribution in [0, 0.1) is 0 Å². The van der Waals surface area contributed by atoms with Crippen LogP contribution in [0.5, 0.6) is 5.75 Å². The summed E-state index contributed by atoms with van der Waals surface area (Å²) < 4.78 is 10.5. The second-order valence-electron chi connectivity index (χ2n) is 5.74. The maximum atomic E-state index is 12.2. The fourth-order valence-electron chi connectivity index (χ4n) is 2.44. The summed E-state index contributed by atoms with van der Waals surface area (Å²) in [4.78, 5) is 24.9. The van der Waals surface area contributed by atoms with Crippen LogP contribution in [0.1, 0.15) is 30.5 Å². The zero-order valence-corrected chi connectivity index (χ0v) is 16.0. The molecule has 1 N–H and O–H groups in total. The van der Waals surface area contributed by atoms with E-state index in [0.717, 1.165) is 16.0 Å². The van der Waals surface area contributed by atoms with Crippen LogP contribution >= 0.6 is 11.8 Å². The first-order valence-electron chi connectivity index (χ1n) is 8.21. The van der Waals surface area contributed by atoms with Gasteiger partial charge in [-0.2, -0.15) is 0 Å². The Kier molecular flexibility index (Phi) is 7.53. The van der Waals surface area contributed by atoms with Crippen molar-refractivity contribution < 1.29 is 19.1 Å². The quantitative estimate of drug-likeness (QED) is 0.564. The van der Waals surface area contributed by atoms with Crippen LogP contribution in [-0.2, 0) is 20.9 Å². The van der Waals surface area contributed by atoms with Gasteiger partial charge in [-0.25, -0.2) is 0 Å². The highest BCUT2D eigenvalue weighted by molar-refractivity contribution is 7.98. The molecular formula is C20H23NO4S. The van der Waals surface area contributed by atoms with Crippen LogP contribution in [0.3, 0.4) is 0 Å². The summed E-state index contributed by atoms with van der Waals surface area (Å²) in [6.07, 6.45) is 2.07. The molecule has 0 heterocycles. The van der Waals surface area contributed by atoms with Gasteiger partial charge in [0.2, 0.25) is 5.91 Å². The summed E-state index contributed by atoms with van der Waals surface area (Å²) in [5.41, 5.74) is 1.75. The fourth-order valence-corrected chi connectivity index (χ4v) is 2.85. The van der Waals surface area contributed by atoms with Crippen molar-refractivity contribution in [1.29, 1.82) is 0 Å². The van der Waals surface area contributed by atoms with Crippen molar-refractivity contribution in [2.45, 2.75) is 30.9 Å². The largest absolute Gasteiger partial charge is 0.497 e. The Bertz CT molecular complexity index is 728. The predicted molar refractivity (Wildman–Crippen MR) is 102 cm³/mol. The van der Waals surface area contributed by atoms with E-state index in [1.807, 2.05) is 42.7 Å². The summed E-state index contributed by atoms with van der Waals surface area (Å²) >= 11 is 1.66. The van der Waals surface area contributed by atoms with E-state index in [1.54, 1.807) is 31.0 Å². The third-order valence-corrected chi connectivity index (χ3v) is 4.57. The highest BCUT2D eigenvalue weighted by Gasteiger charge is 2.18. The average molecular weight is 373 g/mol. The summed E-state index contributed by atoms with van der Waals surface area (Å²) in [5.74, 6) is 0.145. The zero-order chi connectivity index (χ0) is 18.9. The third-order valence-electron chi connectivity index (χ3n) is 3.83. The van der Waals surface area contributed by atoms with Crippen molar-refractivity contribution in [1.82, 2.24) is 5.32 Å². The second-order valence-corrected chi connectivity index (χ2v) is 6.62. The minimum absolute atomic E-state index is 0.0643. The number of carbonyl (C=O) groups is 2. The number of hydrogen-bond donors (Lipinski definition) is 1. The molecule has 5 nitrogen and oxygen atoms in total. The van der Waals surface area contributed by atoms with E-state index >= 15 is 0 Å². The fraction of sp³-hybridized carbons (Fsp3) is 0.300. The van der Waals surface area contributed by atoms with Gasteiger partial charge in [0.1, 0.15) is 12.4 Å². The van der Waals surface area contributed by atoms with Gasteiger partial charge in [-0.1, -0.05) is 24.3 Å². The standard InChI is InChI=1S/C20H23NO4S/c1-14(22)21-19(16-6-8-17(24-2)9-7-16)12-20(23)25-13-15-4-10-18(26-3)11-5-15/h4-11,19H,12-13H2,1-3H3,(H,21,22)/t19-/m1/s1. The number of benzene rings is 2. The van der Waals surface area contributed by atoms with E-state index in [1.165, 1.54) is 6.92 Å². The van der Waals surface area contributed by atoms with Gasteiger partial charge >= 0.3 is 5.97 Å². The lowest BCUT2D eigenvalue weighted by molar-refractivity contribution is -0.145. The zero-order valence-electron chi connectivity index (χ0n) is 15.2. The van der Waals surface area contributed by atoms with Crippen molar-refractivity contribution in [3.8, 4) is 5.75 Å². The minimum atomic E-state index is -0.440. The maximum absolute atomic E-state index is 12.2. The molecule has 138 valence electrons. The lowest BCUT2D eigenvalue weighted by Crippen LogP contribution is -2.28. The first-order valence-corrected chi connectivity index (χ1v) is 9.44. The second kappa shape index (κ2) is 9.87. The molecule has 0 spiro atoms. The predicted octanol–water partition coefficient (Wildman–Crippen LogP) is 3.73. The van der Waals surface area contributed by atoms with Crippen LogP contribution in [0.2, 0.25) is 0 Å². The van der Waals surface area contributed by atoms with E-state index in [0.29, 0.717) is 5.75 Å². The van der Waals surface area contributed by atoms with Crippen molar-refractivity contribution in [2.24, 2.45) is 0 Å². The van der Waals surface area contributed by atoms with Crippen LogP contribution < -0.4 is 10.1 Å². The summed E-state index contributed by atoms with van der Waals surface area (Å²) in [6, 6.07) is 14.7. The molecule has 0 radical (unpaired) electrons. The Balaban J connectivity index is 1.97. The molecule has 0 saturated heterocycles. The topological polar surface area (TPSA) is 64.6 Å². The molecular weight excluding hydrogens is 350 g/mol. The van der Waals surface area contributed by atoms with Gasteiger partial charge < -0.3 is 14.8 Å². The highest BCUT2D eigenvalue weighted by atomic mass is 32.2. The average Bonchev–Trinajstić information content (AvgIpc) is 2.66. The smallest absolute Gasteiger partial charge is 0.308 e. The van der Waals surface area contributed by atoms with Gasteiger partial charge in [-0.3, -0.25) is 9.59 Å². The lowest BCUT2D eigenvalue weighted by Gasteiger charge is -2.18. The normalized spacial score (nSPS) is 11.5. The molecule has 2 aromatic rings. The number of nitrogens with one attached hydrogen (secondary N) is 1. The Morgan fingerprint density at radius 2 is 1.73 bits per heavy atom. The molecule has 6 heteroatoms. The van der Waals surface area contributed by atoms with Crippen LogP contribution in [-0.4, -0.2) is 25.2 Å². The summed E-state index contributed by atoms with van der Waals surface area (Å²) in [5, 5.41) is 2.79. The van der Waals surface area contributed by atoms with Gasteiger partial charge in [0.25, 0.3) is 0 Å². The SMILES string of the molecule is COc1ccc([C@@H](CC(=O)OCc2ccc(SC)cc2)NC(C)=O)cc1. The summed E-state index contributed by atoms with van der Waals surface area (Å²) in [6.45, 7) is 1.64. The first-order chi connectivity index (χ1) is 12.5. The van der Waals surface area contributed by atoms with Crippen molar-refractivity contribution >= 4 is 23.6 Å². The molecule has 0 aromatic heterocycles. The minimum Gasteiger partial charge on any atom is -0.497 e. The summed E-state index contributed by atoms with van der Waals surface area (Å²) in [7, 11) is 1.59. The van der Waals surface area contributed by atoms with E-state index in [2.05, 4.69) is 5.32 Å². The Morgan fingerprint density at radius 1 is 1.08 bits per heavy atom. The Morgan fingerprint density at radius 3 is 2.27 bits per heavy atom. The van der Waals surface area contributed by atoms with Crippen molar-refractivity contribution in [2.75, 3.05) is 13.4 Å². The van der Waals surface area contributed by atoms with E-state index in [9.17, 15) is 9.59 Å². The van der Waals surface area contributed by atoms with Gasteiger partial charge in [-0.15, -0.1) is 11.8 Å². The molecule has 2 rings (SSSR count). The molecule has 1 atom stereocenters. The molecule has 0 bridgehead atoms. The molecule has 2 aromatic carbocycles. The van der Waals surface area contributed by atoms with Gasteiger partial charge in [0, 0.05) is 11.8 Å². The number of thioether (sulfide) groups is 1. The lowest BCUT2D eigenvalue weighted by atomic mass is 10.0. The Labute approximate surface area is 158 Å². The van der Waals surface area contributed by atoms with Gasteiger partial charge in [0.15, 0.2) is 0 Å². The number of carbonyl (C=O) groups excluding carboxylic acids is 2. The monoisotopic (exact) mass is 373 g/mol. The van der Waals surface area contributed by atoms with Gasteiger partial charge in [-0.05, 0) is 41.6 Å². The molecule has 0 unspecified atom stereocenters. The maximum Gasteiger partial charge on any atom is 0.308 e. The number of rotatable bonds is 8.